The summed E-state index contributed by atoms with van der Waals surface area (Å²) in [6.07, 6.45) is 3.01. The first kappa shape index (κ1) is 16.6. The highest BCUT2D eigenvalue weighted by Gasteiger charge is 2.26. The Morgan fingerprint density at radius 2 is 1.95 bits per heavy atom. The van der Waals surface area contributed by atoms with E-state index in [0.29, 0.717) is 16.9 Å². The van der Waals surface area contributed by atoms with Gasteiger partial charge < -0.3 is 18.1 Å². The molecule has 110 valence electrons. The number of hydrogen-bond acceptors (Lipinski definition) is 4. The molecule has 1 unspecified atom stereocenters. The van der Waals surface area contributed by atoms with Gasteiger partial charge in [-0.3, -0.25) is 5.73 Å². The first-order chi connectivity index (χ1) is 9.11. The minimum Gasteiger partial charge on any atom is -1.00 e. The van der Waals surface area contributed by atoms with E-state index in [1.807, 2.05) is 28.8 Å². The van der Waals surface area contributed by atoms with Crippen LogP contribution in [0.4, 0.5) is 5.69 Å². The van der Waals surface area contributed by atoms with Crippen LogP contribution in [0.2, 0.25) is 5.02 Å². The van der Waals surface area contributed by atoms with Gasteiger partial charge in [0.05, 0.1) is 0 Å². The lowest BCUT2D eigenvalue weighted by molar-refractivity contribution is -0.489. The molecule has 1 aromatic carbocycles. The summed E-state index contributed by atoms with van der Waals surface area (Å²) in [5, 5.41) is 3.56. The van der Waals surface area contributed by atoms with Crippen molar-refractivity contribution in [3.05, 3.63) is 29.3 Å². The number of nitrogens with one attached hydrogen (secondary N) is 1. The summed E-state index contributed by atoms with van der Waals surface area (Å²) < 4.78 is 1.95. The van der Waals surface area contributed by atoms with Crippen LogP contribution in [0, 0.1) is 0 Å². The van der Waals surface area contributed by atoms with Gasteiger partial charge in [0.25, 0.3) is 5.96 Å². The maximum atomic E-state index is 6.04. The van der Waals surface area contributed by atoms with Crippen molar-refractivity contribution in [3.8, 4) is 0 Å². The number of benzene rings is 1. The highest BCUT2D eigenvalue weighted by Crippen LogP contribution is 2.21. The summed E-state index contributed by atoms with van der Waals surface area (Å²) in [5.41, 5.74) is 12.7. The second-order valence-electron chi connectivity index (χ2n) is 4.49. The van der Waals surface area contributed by atoms with Crippen molar-refractivity contribution in [1.29, 1.82) is 0 Å². The van der Waals surface area contributed by atoms with Gasteiger partial charge in [0.2, 0.25) is 0 Å². The second-order valence-corrected chi connectivity index (χ2v) is 4.93. The van der Waals surface area contributed by atoms with E-state index in [1.54, 1.807) is 0 Å². The highest BCUT2D eigenvalue weighted by molar-refractivity contribution is 6.30. The van der Waals surface area contributed by atoms with Crippen LogP contribution in [-0.4, -0.2) is 22.7 Å². The first-order valence-electron chi connectivity index (χ1n) is 6.39. The number of guanidine groups is 2. The highest BCUT2D eigenvalue weighted by atomic mass is 35.5. The zero-order valence-corrected chi connectivity index (χ0v) is 12.8. The molecule has 5 nitrogen and oxygen atoms in total. The van der Waals surface area contributed by atoms with Gasteiger partial charge in [-0.25, -0.2) is 9.89 Å². The summed E-state index contributed by atoms with van der Waals surface area (Å²) in [7, 11) is 0. The van der Waals surface area contributed by atoms with Gasteiger partial charge in [0.15, 0.2) is 6.17 Å². The number of unbranched alkanes of at least 4 members (excludes halogenated alkanes) is 1. The van der Waals surface area contributed by atoms with Gasteiger partial charge >= 0.3 is 5.96 Å². The minimum atomic E-state index is -0.0672. The van der Waals surface area contributed by atoms with E-state index >= 15 is 0 Å². The molecule has 1 atom stereocenters. The predicted molar refractivity (Wildman–Crippen MR) is 78.6 cm³/mol. The zero-order valence-electron chi connectivity index (χ0n) is 11.3. The van der Waals surface area contributed by atoms with Gasteiger partial charge in [-0.15, -0.1) is 0 Å². The number of nitrogens with zero attached hydrogens (tertiary/aromatic N) is 2. The largest absolute Gasteiger partial charge is 1.00 e. The number of halogens is 2. The number of hydrogen-bond donors (Lipinski definition) is 3. The van der Waals surface area contributed by atoms with Crippen LogP contribution in [0.3, 0.4) is 0 Å². The Morgan fingerprint density at radius 3 is 2.55 bits per heavy atom. The summed E-state index contributed by atoms with van der Waals surface area (Å²) in [6.45, 7) is 2.15. The van der Waals surface area contributed by atoms with Gasteiger partial charge in [-0.05, 0) is 30.7 Å². The number of rotatable bonds is 4. The van der Waals surface area contributed by atoms with Gasteiger partial charge in [-0.1, -0.05) is 24.9 Å². The molecule has 1 aromatic rings. The van der Waals surface area contributed by atoms with E-state index in [4.69, 9.17) is 23.1 Å². The van der Waals surface area contributed by atoms with Crippen molar-refractivity contribution >= 4 is 29.2 Å². The lowest BCUT2D eigenvalue weighted by atomic mass is 10.2. The molecule has 0 fully saturated rings. The quantitative estimate of drug-likeness (QED) is 0.607. The van der Waals surface area contributed by atoms with Crippen LogP contribution in [-0.2, 0) is 0 Å². The SMILES string of the molecule is CCCCC1N=C(N)NC(N)=[N+]1c1ccc(Cl)cc1.[Cl-]. The maximum absolute atomic E-state index is 6.04. The molecule has 0 spiro atoms. The Hall–Kier alpha value is -1.46. The van der Waals surface area contributed by atoms with E-state index in [2.05, 4.69) is 17.2 Å². The van der Waals surface area contributed by atoms with Crippen molar-refractivity contribution in [2.75, 3.05) is 0 Å². The van der Waals surface area contributed by atoms with E-state index < -0.39 is 0 Å². The van der Waals surface area contributed by atoms with Crippen LogP contribution in [0.15, 0.2) is 29.3 Å². The fraction of sp³-hybridized carbons (Fsp3) is 0.385. The fourth-order valence-electron chi connectivity index (χ4n) is 2.10. The van der Waals surface area contributed by atoms with Crippen molar-refractivity contribution in [1.82, 2.24) is 5.32 Å². The molecule has 0 aromatic heterocycles. The summed E-state index contributed by atoms with van der Waals surface area (Å²) in [4.78, 5) is 4.43. The lowest BCUT2D eigenvalue weighted by Gasteiger charge is -2.22. The second kappa shape index (κ2) is 7.36. The van der Waals surface area contributed by atoms with E-state index in [9.17, 15) is 0 Å². The van der Waals surface area contributed by atoms with Crippen LogP contribution in [0.5, 0.6) is 0 Å². The molecule has 0 saturated carbocycles. The van der Waals surface area contributed by atoms with Crippen molar-refractivity contribution in [2.45, 2.75) is 32.4 Å². The van der Waals surface area contributed by atoms with E-state index in [1.165, 1.54) is 0 Å². The molecule has 1 heterocycles. The summed E-state index contributed by atoms with van der Waals surface area (Å²) >= 11 is 5.91. The Morgan fingerprint density at radius 1 is 1.30 bits per heavy atom. The smallest absolute Gasteiger partial charge is 0.357 e. The maximum Gasteiger partial charge on any atom is 0.357 e. The van der Waals surface area contributed by atoms with Gasteiger partial charge in [0, 0.05) is 11.4 Å². The Kier molecular flexibility index (Phi) is 6.10. The van der Waals surface area contributed by atoms with Crippen molar-refractivity contribution in [3.63, 3.8) is 0 Å². The standard InChI is InChI=1S/C13H18ClN5.ClH/c1-2-3-4-11-17-12(15)18-13(16)19(11)10-7-5-9(14)6-8-10;/h5-8,11H,2-4H2,1H3,(H4,15,16,17,18);1H. The Labute approximate surface area is 130 Å². The average Bonchev–Trinajstić information content (AvgIpc) is 2.37. The van der Waals surface area contributed by atoms with Crippen LogP contribution in [0.25, 0.3) is 0 Å². The molecule has 2 rings (SSSR count). The summed E-state index contributed by atoms with van der Waals surface area (Å²) in [5.74, 6) is 0.861. The van der Waals surface area contributed by atoms with Gasteiger partial charge in [-0.2, -0.15) is 4.99 Å². The third-order valence-electron chi connectivity index (χ3n) is 3.02. The normalized spacial score (nSPS) is 18.1. The molecule has 0 amide bonds. The number of aliphatic imine (C=N–C) groups is 1. The fourth-order valence-corrected chi connectivity index (χ4v) is 2.22. The van der Waals surface area contributed by atoms with Gasteiger partial charge in [0.1, 0.15) is 5.69 Å². The molecule has 0 aliphatic carbocycles. The van der Waals surface area contributed by atoms with E-state index in [0.717, 1.165) is 24.9 Å². The van der Waals surface area contributed by atoms with Crippen LogP contribution in [0.1, 0.15) is 26.2 Å². The monoisotopic (exact) mass is 315 g/mol. The van der Waals surface area contributed by atoms with E-state index in [-0.39, 0.29) is 18.6 Å². The third kappa shape index (κ3) is 3.77. The average molecular weight is 316 g/mol. The van der Waals surface area contributed by atoms with Crippen LogP contribution >= 0.6 is 11.6 Å². The molecule has 0 bridgehead atoms. The number of nitrogens with two attached hydrogens (primary N) is 2. The third-order valence-corrected chi connectivity index (χ3v) is 3.27. The Balaban J connectivity index is 0.00000200. The molecular weight excluding hydrogens is 297 g/mol. The molecule has 20 heavy (non-hydrogen) atoms. The zero-order chi connectivity index (χ0) is 13.8. The minimum absolute atomic E-state index is 0. The summed E-state index contributed by atoms with van der Waals surface area (Å²) in [6, 6.07) is 7.52. The molecule has 1 aliphatic heterocycles. The Bertz CT molecular complexity index is 510. The molecule has 7 heteroatoms. The molecule has 1 aliphatic rings. The van der Waals surface area contributed by atoms with Crippen molar-refractivity contribution in [2.24, 2.45) is 16.5 Å². The first-order valence-corrected chi connectivity index (χ1v) is 6.77. The molecule has 0 saturated heterocycles. The lowest BCUT2D eigenvalue weighted by Crippen LogP contribution is -3.00. The topological polar surface area (TPSA) is 79.4 Å². The predicted octanol–water partition coefficient (Wildman–Crippen LogP) is -1.26. The molecule has 5 N–H and O–H groups in total. The molecule has 0 radical (unpaired) electrons. The van der Waals surface area contributed by atoms with Crippen LogP contribution < -0.4 is 29.2 Å². The molecular formula is C13H19Cl2N5. The van der Waals surface area contributed by atoms with Crippen molar-refractivity contribution < 1.29 is 17.0 Å².